The SMILES string of the molecule is Cc1ccc(CNC(=O)c2ccc(N3C(=O)CCC3=O)cc2)cc1. The Bertz CT molecular complexity index is 763. The molecule has 2 aromatic rings. The van der Waals surface area contributed by atoms with Crippen LogP contribution in [0.1, 0.15) is 34.3 Å². The largest absolute Gasteiger partial charge is 0.348 e. The van der Waals surface area contributed by atoms with Gasteiger partial charge in [0.2, 0.25) is 11.8 Å². The molecule has 0 saturated carbocycles. The Hall–Kier alpha value is -2.95. The molecule has 0 spiro atoms. The molecule has 0 bridgehead atoms. The minimum absolute atomic E-state index is 0.193. The third kappa shape index (κ3) is 3.35. The number of nitrogens with one attached hydrogen (secondary N) is 1. The van der Waals surface area contributed by atoms with Crippen LogP contribution in [0.5, 0.6) is 0 Å². The van der Waals surface area contributed by atoms with Crippen LogP contribution < -0.4 is 10.2 Å². The third-order valence-corrected chi connectivity index (χ3v) is 4.01. The Morgan fingerprint density at radius 3 is 2.12 bits per heavy atom. The quantitative estimate of drug-likeness (QED) is 0.880. The monoisotopic (exact) mass is 322 g/mol. The summed E-state index contributed by atoms with van der Waals surface area (Å²) < 4.78 is 0. The lowest BCUT2D eigenvalue weighted by molar-refractivity contribution is -0.121. The summed E-state index contributed by atoms with van der Waals surface area (Å²) in [4.78, 5) is 36.8. The number of hydrogen-bond acceptors (Lipinski definition) is 3. The van der Waals surface area contributed by atoms with Crippen LogP contribution in [0.3, 0.4) is 0 Å². The van der Waals surface area contributed by atoms with Crippen molar-refractivity contribution in [2.24, 2.45) is 0 Å². The summed E-state index contributed by atoms with van der Waals surface area (Å²) in [6.45, 7) is 2.46. The van der Waals surface area contributed by atoms with Crippen LogP contribution in [-0.4, -0.2) is 17.7 Å². The van der Waals surface area contributed by atoms with Crippen molar-refractivity contribution in [3.8, 4) is 0 Å². The van der Waals surface area contributed by atoms with Crippen molar-refractivity contribution in [3.05, 3.63) is 65.2 Å². The van der Waals surface area contributed by atoms with Gasteiger partial charge in [-0.05, 0) is 36.8 Å². The lowest BCUT2D eigenvalue weighted by Gasteiger charge is -2.14. The second kappa shape index (κ2) is 6.66. The Morgan fingerprint density at radius 1 is 0.958 bits per heavy atom. The molecule has 1 heterocycles. The molecule has 3 amide bonds. The maximum absolute atomic E-state index is 12.2. The highest BCUT2D eigenvalue weighted by molar-refractivity contribution is 6.19. The summed E-state index contributed by atoms with van der Waals surface area (Å²) in [6.07, 6.45) is 0.495. The minimum Gasteiger partial charge on any atom is -0.348 e. The fourth-order valence-corrected chi connectivity index (χ4v) is 2.62. The first-order chi connectivity index (χ1) is 11.5. The van der Waals surface area contributed by atoms with Crippen LogP contribution >= 0.6 is 0 Å². The Kier molecular flexibility index (Phi) is 4.42. The van der Waals surface area contributed by atoms with Crippen LogP contribution in [0.25, 0.3) is 0 Å². The van der Waals surface area contributed by atoms with Crippen molar-refractivity contribution < 1.29 is 14.4 Å². The molecular formula is C19H18N2O3. The summed E-state index contributed by atoms with van der Waals surface area (Å²) in [5, 5.41) is 2.85. The first kappa shape index (κ1) is 15.9. The Balaban J connectivity index is 1.64. The number of hydrogen-bond donors (Lipinski definition) is 1. The van der Waals surface area contributed by atoms with Gasteiger partial charge >= 0.3 is 0 Å². The Morgan fingerprint density at radius 2 is 1.54 bits per heavy atom. The molecule has 1 aliphatic heterocycles. The van der Waals surface area contributed by atoms with E-state index in [9.17, 15) is 14.4 Å². The van der Waals surface area contributed by atoms with Crippen LogP contribution in [0.2, 0.25) is 0 Å². The molecule has 0 aliphatic carbocycles. The van der Waals surface area contributed by atoms with Gasteiger partial charge < -0.3 is 5.32 Å². The first-order valence-electron chi connectivity index (χ1n) is 7.84. The fourth-order valence-electron chi connectivity index (χ4n) is 2.62. The van der Waals surface area contributed by atoms with E-state index in [0.29, 0.717) is 17.8 Å². The van der Waals surface area contributed by atoms with E-state index in [0.717, 1.165) is 5.56 Å². The number of nitrogens with zero attached hydrogens (tertiary/aromatic N) is 1. The maximum Gasteiger partial charge on any atom is 0.251 e. The predicted molar refractivity (Wildman–Crippen MR) is 90.5 cm³/mol. The van der Waals surface area contributed by atoms with E-state index in [1.165, 1.54) is 10.5 Å². The third-order valence-electron chi connectivity index (χ3n) is 4.01. The highest BCUT2D eigenvalue weighted by Crippen LogP contribution is 2.22. The predicted octanol–water partition coefficient (Wildman–Crippen LogP) is 2.58. The van der Waals surface area contributed by atoms with Crippen LogP contribution in [0.15, 0.2) is 48.5 Å². The molecule has 1 fully saturated rings. The zero-order chi connectivity index (χ0) is 17.1. The number of carbonyl (C=O) groups excluding carboxylic acids is 3. The van der Waals surface area contributed by atoms with Gasteiger partial charge in [-0.3, -0.25) is 19.3 Å². The number of aryl methyl sites for hydroxylation is 1. The van der Waals surface area contributed by atoms with Gasteiger partial charge in [-0.15, -0.1) is 0 Å². The van der Waals surface area contributed by atoms with Gasteiger partial charge in [0.15, 0.2) is 0 Å². The molecule has 0 atom stereocenters. The molecule has 0 aromatic heterocycles. The van der Waals surface area contributed by atoms with Gasteiger partial charge in [0.05, 0.1) is 5.69 Å². The average Bonchev–Trinajstić information content (AvgIpc) is 2.93. The molecule has 2 aromatic carbocycles. The molecule has 5 heteroatoms. The van der Waals surface area contributed by atoms with Gasteiger partial charge in [-0.25, -0.2) is 0 Å². The molecule has 1 saturated heterocycles. The van der Waals surface area contributed by atoms with Crippen LogP contribution in [0.4, 0.5) is 5.69 Å². The molecule has 0 unspecified atom stereocenters. The number of carbonyl (C=O) groups is 3. The van der Waals surface area contributed by atoms with Crippen molar-refractivity contribution in [2.75, 3.05) is 4.90 Å². The number of rotatable bonds is 4. The number of benzene rings is 2. The summed E-state index contributed by atoms with van der Waals surface area (Å²) in [5.74, 6) is -0.589. The number of imide groups is 1. The number of anilines is 1. The molecule has 5 nitrogen and oxygen atoms in total. The molecule has 1 N–H and O–H groups in total. The standard InChI is InChI=1S/C19H18N2O3/c1-13-2-4-14(5-3-13)12-20-19(24)15-6-8-16(9-7-15)21-17(22)10-11-18(21)23/h2-9H,10-12H2,1H3,(H,20,24). The van der Waals surface area contributed by atoms with Gasteiger partial charge in [-0.1, -0.05) is 29.8 Å². The van der Waals surface area contributed by atoms with Crippen LogP contribution in [-0.2, 0) is 16.1 Å². The summed E-state index contributed by atoms with van der Waals surface area (Å²) in [5.41, 5.74) is 3.20. The first-order valence-corrected chi connectivity index (χ1v) is 7.84. The maximum atomic E-state index is 12.2. The lowest BCUT2D eigenvalue weighted by Crippen LogP contribution is -2.28. The summed E-state index contributed by atoms with van der Waals surface area (Å²) in [6, 6.07) is 14.5. The molecule has 3 rings (SSSR count). The average molecular weight is 322 g/mol. The zero-order valence-corrected chi connectivity index (χ0v) is 13.4. The van der Waals surface area contributed by atoms with Crippen molar-refractivity contribution in [1.82, 2.24) is 5.32 Å². The topological polar surface area (TPSA) is 66.5 Å². The normalized spacial score (nSPS) is 14.1. The van der Waals surface area contributed by atoms with E-state index < -0.39 is 0 Å². The Labute approximate surface area is 140 Å². The molecular weight excluding hydrogens is 304 g/mol. The van der Waals surface area contributed by atoms with E-state index >= 15 is 0 Å². The van der Waals surface area contributed by atoms with Crippen molar-refractivity contribution >= 4 is 23.4 Å². The molecule has 0 radical (unpaired) electrons. The molecule has 1 aliphatic rings. The van der Waals surface area contributed by atoms with Gasteiger partial charge in [0.25, 0.3) is 5.91 Å². The summed E-state index contributed by atoms with van der Waals surface area (Å²) >= 11 is 0. The summed E-state index contributed by atoms with van der Waals surface area (Å²) in [7, 11) is 0. The second-order valence-corrected chi connectivity index (χ2v) is 5.84. The highest BCUT2D eigenvalue weighted by Gasteiger charge is 2.30. The minimum atomic E-state index is -0.198. The van der Waals surface area contributed by atoms with Gasteiger partial charge in [-0.2, -0.15) is 0 Å². The lowest BCUT2D eigenvalue weighted by atomic mass is 10.1. The van der Waals surface area contributed by atoms with E-state index in [4.69, 9.17) is 0 Å². The van der Waals surface area contributed by atoms with E-state index in [-0.39, 0.29) is 30.6 Å². The molecule has 122 valence electrons. The van der Waals surface area contributed by atoms with Gasteiger partial charge in [0, 0.05) is 24.9 Å². The van der Waals surface area contributed by atoms with Crippen molar-refractivity contribution in [2.45, 2.75) is 26.3 Å². The van der Waals surface area contributed by atoms with E-state index in [2.05, 4.69) is 5.32 Å². The zero-order valence-electron chi connectivity index (χ0n) is 13.4. The van der Waals surface area contributed by atoms with Gasteiger partial charge in [0.1, 0.15) is 0 Å². The number of amides is 3. The highest BCUT2D eigenvalue weighted by atomic mass is 16.2. The van der Waals surface area contributed by atoms with Crippen LogP contribution in [0, 0.1) is 6.92 Å². The fraction of sp³-hybridized carbons (Fsp3) is 0.211. The second-order valence-electron chi connectivity index (χ2n) is 5.84. The van der Waals surface area contributed by atoms with E-state index in [1.54, 1.807) is 24.3 Å². The van der Waals surface area contributed by atoms with Crippen molar-refractivity contribution in [1.29, 1.82) is 0 Å². The van der Waals surface area contributed by atoms with E-state index in [1.807, 2.05) is 31.2 Å². The smallest absolute Gasteiger partial charge is 0.251 e. The molecule has 24 heavy (non-hydrogen) atoms. The van der Waals surface area contributed by atoms with Crippen molar-refractivity contribution in [3.63, 3.8) is 0 Å².